The first-order valence-corrected chi connectivity index (χ1v) is 9.83. The van der Waals surface area contributed by atoms with Crippen LogP contribution in [0.3, 0.4) is 0 Å². The van der Waals surface area contributed by atoms with Crippen molar-refractivity contribution in [1.82, 2.24) is 25.7 Å². The second kappa shape index (κ2) is 6.72. The van der Waals surface area contributed by atoms with Crippen molar-refractivity contribution in [3.63, 3.8) is 0 Å². The maximum Gasteiger partial charge on any atom is 0.229 e. The normalized spacial score (nSPS) is 30.1. The first-order valence-electron chi connectivity index (χ1n) is 9.83. The molecule has 3 heterocycles. The maximum absolute atomic E-state index is 13.1. The van der Waals surface area contributed by atoms with Crippen molar-refractivity contribution in [3.05, 3.63) is 17.0 Å². The Labute approximate surface area is 150 Å². The molecule has 0 radical (unpaired) electrons. The number of nitrogens with one attached hydrogen (secondary N) is 3. The minimum atomic E-state index is -0.219. The van der Waals surface area contributed by atoms with E-state index in [2.05, 4.69) is 25.7 Å². The number of rotatable bonds is 5. The summed E-state index contributed by atoms with van der Waals surface area (Å²) in [6.45, 7) is 8.59. The van der Waals surface area contributed by atoms with Crippen molar-refractivity contribution in [2.45, 2.75) is 52.0 Å². The van der Waals surface area contributed by atoms with Gasteiger partial charge in [0.2, 0.25) is 5.91 Å². The average molecular weight is 345 g/mol. The van der Waals surface area contributed by atoms with Crippen LogP contribution in [0.15, 0.2) is 0 Å². The number of aryl methyl sites for hydroxylation is 2. The molecule has 0 bridgehead atoms. The van der Waals surface area contributed by atoms with E-state index in [1.165, 1.54) is 31.2 Å². The molecule has 1 amide bonds. The summed E-state index contributed by atoms with van der Waals surface area (Å²) in [5, 5.41) is 14.0. The lowest BCUT2D eigenvalue weighted by atomic mass is 9.80. The van der Waals surface area contributed by atoms with Gasteiger partial charge < -0.3 is 10.6 Å². The van der Waals surface area contributed by atoms with E-state index in [4.69, 9.17) is 0 Å². The van der Waals surface area contributed by atoms with Crippen LogP contribution in [0.1, 0.15) is 42.6 Å². The third-order valence-corrected chi connectivity index (χ3v) is 6.79. The van der Waals surface area contributed by atoms with E-state index in [-0.39, 0.29) is 11.3 Å². The Morgan fingerprint density at radius 3 is 2.88 bits per heavy atom. The molecule has 3 aliphatic rings. The number of carbonyl (C=O) groups excluding carboxylic acids is 1. The Kier molecular flexibility index (Phi) is 4.58. The molecule has 25 heavy (non-hydrogen) atoms. The summed E-state index contributed by atoms with van der Waals surface area (Å²) in [4.78, 5) is 15.7. The highest BCUT2D eigenvalue weighted by Crippen LogP contribution is 2.42. The van der Waals surface area contributed by atoms with E-state index >= 15 is 0 Å². The lowest BCUT2D eigenvalue weighted by Crippen LogP contribution is -2.48. The van der Waals surface area contributed by atoms with E-state index in [0.29, 0.717) is 18.5 Å². The van der Waals surface area contributed by atoms with Gasteiger partial charge in [0.1, 0.15) is 0 Å². The Balaban J connectivity index is 1.38. The fraction of sp³-hybridized carbons (Fsp3) is 0.789. The summed E-state index contributed by atoms with van der Waals surface area (Å²) in [6.07, 6.45) is 6.19. The summed E-state index contributed by atoms with van der Waals surface area (Å²) in [5.41, 5.74) is 3.17. The van der Waals surface area contributed by atoms with Gasteiger partial charge >= 0.3 is 0 Å². The minimum absolute atomic E-state index is 0.219. The molecule has 3 N–H and O–H groups in total. The van der Waals surface area contributed by atoms with Crippen LogP contribution in [0.5, 0.6) is 0 Å². The smallest absolute Gasteiger partial charge is 0.229 e. The summed E-state index contributed by atoms with van der Waals surface area (Å²) in [6, 6.07) is 0.714. The van der Waals surface area contributed by atoms with Gasteiger partial charge in [-0.3, -0.25) is 14.8 Å². The molecule has 2 aliphatic heterocycles. The second-order valence-corrected chi connectivity index (χ2v) is 8.27. The van der Waals surface area contributed by atoms with Crippen LogP contribution in [-0.2, 0) is 11.2 Å². The van der Waals surface area contributed by atoms with E-state index in [1.807, 2.05) is 13.8 Å². The molecule has 1 aromatic heterocycles. The highest BCUT2D eigenvalue weighted by atomic mass is 16.2. The second-order valence-electron chi connectivity index (χ2n) is 8.27. The number of aromatic amines is 1. The molecule has 6 nitrogen and oxygen atoms in total. The molecular weight excluding hydrogens is 314 g/mol. The summed E-state index contributed by atoms with van der Waals surface area (Å²) in [7, 11) is 0. The van der Waals surface area contributed by atoms with Gasteiger partial charge in [-0.05, 0) is 38.7 Å². The van der Waals surface area contributed by atoms with Crippen LogP contribution in [0.2, 0.25) is 0 Å². The van der Waals surface area contributed by atoms with Gasteiger partial charge in [0.05, 0.1) is 11.1 Å². The number of carbonyl (C=O) groups is 1. The van der Waals surface area contributed by atoms with Gasteiger partial charge in [0.25, 0.3) is 0 Å². The van der Waals surface area contributed by atoms with Gasteiger partial charge in [-0.25, -0.2) is 0 Å². The standard InChI is InChI=1S/C19H31N5O/c1-13-17(14(2)23-22-13)7-8-21-18(25)19-11-20-9-15(19)10-24(12-19)16-5-3-4-6-16/h15-16,20H,3-12H2,1-2H3,(H,21,25)(H,22,23)/t15-,19-/m1/s1. The molecule has 138 valence electrons. The third-order valence-electron chi connectivity index (χ3n) is 6.79. The molecule has 1 saturated carbocycles. The summed E-state index contributed by atoms with van der Waals surface area (Å²) in [5.74, 6) is 0.715. The summed E-state index contributed by atoms with van der Waals surface area (Å²) >= 11 is 0. The van der Waals surface area contributed by atoms with E-state index < -0.39 is 0 Å². The average Bonchev–Trinajstić information content (AvgIpc) is 3.33. The van der Waals surface area contributed by atoms with Gasteiger partial charge in [-0.2, -0.15) is 5.10 Å². The number of H-pyrrole nitrogens is 1. The zero-order chi connectivity index (χ0) is 17.4. The molecule has 6 heteroatoms. The molecule has 0 aromatic carbocycles. The van der Waals surface area contributed by atoms with Gasteiger partial charge in [0, 0.05) is 50.4 Å². The van der Waals surface area contributed by atoms with Crippen molar-refractivity contribution >= 4 is 5.91 Å². The molecular formula is C19H31N5O. The summed E-state index contributed by atoms with van der Waals surface area (Å²) < 4.78 is 0. The van der Waals surface area contributed by atoms with Gasteiger partial charge in [-0.1, -0.05) is 12.8 Å². The van der Waals surface area contributed by atoms with E-state index in [9.17, 15) is 4.79 Å². The quantitative estimate of drug-likeness (QED) is 0.748. The number of aromatic nitrogens is 2. The minimum Gasteiger partial charge on any atom is -0.355 e. The molecule has 1 aliphatic carbocycles. The largest absolute Gasteiger partial charge is 0.355 e. The van der Waals surface area contributed by atoms with Gasteiger partial charge in [0.15, 0.2) is 0 Å². The molecule has 4 rings (SSSR count). The zero-order valence-electron chi connectivity index (χ0n) is 15.5. The maximum atomic E-state index is 13.1. The van der Waals surface area contributed by atoms with Crippen LogP contribution in [-0.4, -0.2) is 59.8 Å². The van der Waals surface area contributed by atoms with Crippen LogP contribution in [0, 0.1) is 25.2 Å². The molecule has 0 spiro atoms. The molecule has 0 unspecified atom stereocenters. The van der Waals surface area contributed by atoms with Crippen molar-refractivity contribution < 1.29 is 4.79 Å². The van der Waals surface area contributed by atoms with Crippen LogP contribution in [0.4, 0.5) is 0 Å². The predicted molar refractivity (Wildman–Crippen MR) is 97.4 cm³/mol. The van der Waals surface area contributed by atoms with Gasteiger partial charge in [-0.15, -0.1) is 0 Å². The monoisotopic (exact) mass is 345 g/mol. The third kappa shape index (κ3) is 2.99. The lowest BCUT2D eigenvalue weighted by Gasteiger charge is -2.29. The van der Waals surface area contributed by atoms with Crippen molar-refractivity contribution in [2.24, 2.45) is 11.3 Å². The topological polar surface area (TPSA) is 73.0 Å². The number of amides is 1. The van der Waals surface area contributed by atoms with Crippen LogP contribution < -0.4 is 10.6 Å². The van der Waals surface area contributed by atoms with E-state index in [1.54, 1.807) is 0 Å². The first-order chi connectivity index (χ1) is 12.1. The Bertz CT molecular complexity index is 616. The van der Waals surface area contributed by atoms with Crippen molar-refractivity contribution in [3.8, 4) is 0 Å². The number of likely N-dealkylation sites (tertiary alicyclic amines) is 1. The molecule has 2 saturated heterocycles. The molecule has 2 atom stereocenters. The zero-order valence-corrected chi connectivity index (χ0v) is 15.5. The highest BCUT2D eigenvalue weighted by Gasteiger charge is 2.55. The van der Waals surface area contributed by atoms with Crippen LogP contribution in [0.25, 0.3) is 0 Å². The fourth-order valence-corrected chi connectivity index (χ4v) is 5.25. The predicted octanol–water partition coefficient (Wildman–Crippen LogP) is 1.15. The number of nitrogens with zero attached hydrogens (tertiary/aromatic N) is 2. The molecule has 3 fully saturated rings. The van der Waals surface area contributed by atoms with Crippen molar-refractivity contribution in [2.75, 3.05) is 32.7 Å². The fourth-order valence-electron chi connectivity index (χ4n) is 5.25. The Morgan fingerprint density at radius 2 is 2.16 bits per heavy atom. The Morgan fingerprint density at radius 1 is 1.36 bits per heavy atom. The number of fused-ring (bicyclic) bond motifs is 1. The van der Waals surface area contributed by atoms with Crippen molar-refractivity contribution in [1.29, 1.82) is 0 Å². The first kappa shape index (κ1) is 17.0. The SMILES string of the molecule is Cc1n[nH]c(C)c1CCNC(=O)[C@@]12CNC[C@@H]1CN(C1CCCC1)C2. The highest BCUT2D eigenvalue weighted by molar-refractivity contribution is 5.84. The van der Waals surface area contributed by atoms with Crippen LogP contribution >= 0.6 is 0 Å². The van der Waals surface area contributed by atoms with E-state index in [0.717, 1.165) is 44.0 Å². The molecule has 1 aromatic rings. The number of hydrogen-bond donors (Lipinski definition) is 3. The lowest BCUT2D eigenvalue weighted by molar-refractivity contribution is -0.130. The Hall–Kier alpha value is -1.40. The number of hydrogen-bond acceptors (Lipinski definition) is 4.